The van der Waals surface area contributed by atoms with Crippen LogP contribution < -0.4 is 10.3 Å². The summed E-state index contributed by atoms with van der Waals surface area (Å²) < 4.78 is 24.4. The van der Waals surface area contributed by atoms with Crippen LogP contribution in [-0.4, -0.2) is 14.3 Å². The van der Waals surface area contributed by atoms with E-state index in [1.807, 2.05) is 19.9 Å². The van der Waals surface area contributed by atoms with Crippen LogP contribution in [0.4, 0.5) is 0 Å². The van der Waals surface area contributed by atoms with Gasteiger partial charge in [0.25, 0.3) is 10.0 Å². The van der Waals surface area contributed by atoms with Crippen molar-refractivity contribution in [2.24, 2.45) is 5.92 Å². The van der Waals surface area contributed by atoms with Gasteiger partial charge in [-0.15, -0.1) is 4.83 Å². The van der Waals surface area contributed by atoms with Gasteiger partial charge in [-0.05, 0) is 54.9 Å². The summed E-state index contributed by atoms with van der Waals surface area (Å²) in [5.41, 5.74) is 4.58. The summed E-state index contributed by atoms with van der Waals surface area (Å²) in [7, 11) is -3.71. The molecule has 6 heteroatoms. The van der Waals surface area contributed by atoms with Gasteiger partial charge in [-0.25, -0.2) is 8.42 Å². The molecule has 0 atom stereocenters. The monoisotopic (exact) mass is 310 g/mol. The number of fused-ring (bicyclic) bond motifs is 1. The van der Waals surface area contributed by atoms with Crippen LogP contribution >= 0.6 is 0 Å². The molecule has 5 nitrogen and oxygen atoms in total. The lowest BCUT2D eigenvalue weighted by molar-refractivity contribution is -0.122. The van der Waals surface area contributed by atoms with E-state index in [1.165, 1.54) is 5.56 Å². The Kier molecular flexibility index (Phi) is 5.00. The second kappa shape index (κ2) is 6.58. The number of benzene rings is 1. The van der Waals surface area contributed by atoms with E-state index in [4.69, 9.17) is 0 Å². The Hall–Kier alpha value is -1.40. The number of aryl methyl sites for hydroxylation is 2. The number of carbonyl (C=O) groups excluding carboxylic acids is 1. The topological polar surface area (TPSA) is 75.3 Å². The molecule has 21 heavy (non-hydrogen) atoms. The van der Waals surface area contributed by atoms with Crippen LogP contribution in [0.1, 0.15) is 44.2 Å². The molecule has 0 heterocycles. The highest BCUT2D eigenvalue weighted by Crippen LogP contribution is 2.23. The molecule has 0 saturated carbocycles. The molecule has 1 aromatic rings. The van der Waals surface area contributed by atoms with Crippen molar-refractivity contribution in [2.75, 3.05) is 0 Å². The van der Waals surface area contributed by atoms with Gasteiger partial charge in [0.15, 0.2) is 0 Å². The molecular formula is C15H22N2O3S. The largest absolute Gasteiger partial charge is 0.278 e. The Morgan fingerprint density at radius 3 is 2.52 bits per heavy atom. The van der Waals surface area contributed by atoms with Crippen LogP contribution in [0.5, 0.6) is 0 Å². The minimum Gasteiger partial charge on any atom is -0.278 e. The first kappa shape index (κ1) is 16.0. The molecule has 0 aliphatic heterocycles. The van der Waals surface area contributed by atoms with E-state index in [2.05, 4.69) is 10.3 Å². The number of hydrogen-bond donors (Lipinski definition) is 2. The molecule has 1 aromatic carbocycles. The first-order valence-electron chi connectivity index (χ1n) is 7.31. The van der Waals surface area contributed by atoms with Crippen molar-refractivity contribution in [1.29, 1.82) is 0 Å². The van der Waals surface area contributed by atoms with Crippen molar-refractivity contribution < 1.29 is 13.2 Å². The predicted molar refractivity (Wildman–Crippen MR) is 81.0 cm³/mol. The molecule has 2 N–H and O–H groups in total. The zero-order valence-corrected chi connectivity index (χ0v) is 13.3. The van der Waals surface area contributed by atoms with Gasteiger partial charge in [-0.1, -0.05) is 19.9 Å². The maximum atomic E-state index is 12.2. The van der Waals surface area contributed by atoms with Gasteiger partial charge in [0.2, 0.25) is 5.91 Å². The normalized spacial score (nSPS) is 14.8. The first-order chi connectivity index (χ1) is 9.88. The van der Waals surface area contributed by atoms with E-state index in [9.17, 15) is 13.2 Å². The van der Waals surface area contributed by atoms with E-state index in [-0.39, 0.29) is 23.1 Å². The van der Waals surface area contributed by atoms with Crippen LogP contribution in [0, 0.1) is 5.92 Å². The van der Waals surface area contributed by atoms with Gasteiger partial charge >= 0.3 is 0 Å². The van der Waals surface area contributed by atoms with Gasteiger partial charge < -0.3 is 0 Å². The Balaban J connectivity index is 2.07. The van der Waals surface area contributed by atoms with Gasteiger partial charge in [0.05, 0.1) is 4.90 Å². The van der Waals surface area contributed by atoms with Gasteiger partial charge in [-0.2, -0.15) is 0 Å². The molecule has 1 aliphatic carbocycles. The highest BCUT2D eigenvalue weighted by Gasteiger charge is 2.18. The second-order valence-electron chi connectivity index (χ2n) is 5.89. The third-order valence-corrected chi connectivity index (χ3v) is 4.79. The van der Waals surface area contributed by atoms with Crippen molar-refractivity contribution in [3.8, 4) is 0 Å². The summed E-state index contributed by atoms with van der Waals surface area (Å²) in [6.45, 7) is 3.80. The summed E-state index contributed by atoms with van der Waals surface area (Å²) in [6.07, 6.45) is 4.46. The number of sulfonamides is 1. The Morgan fingerprint density at radius 1 is 1.19 bits per heavy atom. The second-order valence-corrected chi connectivity index (χ2v) is 7.57. The average molecular weight is 310 g/mol. The summed E-state index contributed by atoms with van der Waals surface area (Å²) in [5.74, 6) is -0.148. The number of rotatable bonds is 5. The fraction of sp³-hybridized carbons (Fsp3) is 0.533. The lowest BCUT2D eigenvalue weighted by Crippen LogP contribution is -2.41. The van der Waals surface area contributed by atoms with Gasteiger partial charge in [-0.3, -0.25) is 10.2 Å². The van der Waals surface area contributed by atoms with Crippen molar-refractivity contribution in [1.82, 2.24) is 10.3 Å². The van der Waals surface area contributed by atoms with Gasteiger partial charge in [0.1, 0.15) is 0 Å². The van der Waals surface area contributed by atoms with Crippen LogP contribution in [0.3, 0.4) is 0 Å². The molecule has 0 radical (unpaired) electrons. The minimum absolute atomic E-state index is 0.179. The molecular weight excluding hydrogens is 288 g/mol. The molecule has 0 spiro atoms. The Morgan fingerprint density at radius 2 is 1.86 bits per heavy atom. The van der Waals surface area contributed by atoms with Crippen molar-refractivity contribution in [3.63, 3.8) is 0 Å². The lowest BCUT2D eigenvalue weighted by Gasteiger charge is -2.17. The Bertz CT molecular complexity index is 624. The number of amides is 1. The van der Waals surface area contributed by atoms with Crippen molar-refractivity contribution in [2.45, 2.75) is 50.8 Å². The van der Waals surface area contributed by atoms with Crippen molar-refractivity contribution in [3.05, 3.63) is 29.3 Å². The summed E-state index contributed by atoms with van der Waals surface area (Å²) in [6, 6.07) is 5.19. The quantitative estimate of drug-likeness (QED) is 0.816. The van der Waals surface area contributed by atoms with E-state index in [0.717, 1.165) is 31.2 Å². The molecule has 1 aliphatic rings. The number of carbonyl (C=O) groups is 1. The molecule has 0 saturated heterocycles. The van der Waals surface area contributed by atoms with E-state index in [1.54, 1.807) is 12.1 Å². The third-order valence-electron chi connectivity index (χ3n) is 3.55. The lowest BCUT2D eigenvalue weighted by atomic mass is 9.92. The SMILES string of the molecule is CC(C)CC(=O)NNS(=O)(=O)c1ccc2c(c1)CCCC2. The molecule has 0 fully saturated rings. The maximum absolute atomic E-state index is 12.2. The number of nitrogens with one attached hydrogen (secondary N) is 2. The van der Waals surface area contributed by atoms with Crippen LogP contribution in [0.15, 0.2) is 23.1 Å². The van der Waals surface area contributed by atoms with Gasteiger partial charge in [0, 0.05) is 6.42 Å². The molecule has 0 unspecified atom stereocenters. The zero-order valence-electron chi connectivity index (χ0n) is 12.5. The smallest absolute Gasteiger partial charge is 0.257 e. The minimum atomic E-state index is -3.71. The summed E-state index contributed by atoms with van der Waals surface area (Å²) >= 11 is 0. The van der Waals surface area contributed by atoms with E-state index in [0.29, 0.717) is 0 Å². The highest BCUT2D eigenvalue weighted by atomic mass is 32.2. The first-order valence-corrected chi connectivity index (χ1v) is 8.79. The average Bonchev–Trinajstić information content (AvgIpc) is 2.44. The fourth-order valence-corrected chi connectivity index (χ4v) is 3.39. The zero-order chi connectivity index (χ0) is 15.5. The third kappa shape index (κ3) is 4.28. The molecule has 2 rings (SSSR count). The maximum Gasteiger partial charge on any atom is 0.257 e. The van der Waals surface area contributed by atoms with Crippen LogP contribution in [0.25, 0.3) is 0 Å². The summed E-state index contributed by atoms with van der Waals surface area (Å²) in [4.78, 5) is 13.9. The van der Waals surface area contributed by atoms with Crippen molar-refractivity contribution >= 4 is 15.9 Å². The predicted octanol–water partition coefficient (Wildman–Crippen LogP) is 1.92. The fourth-order valence-electron chi connectivity index (χ4n) is 2.48. The molecule has 0 bridgehead atoms. The van der Waals surface area contributed by atoms with E-state index < -0.39 is 10.0 Å². The van der Waals surface area contributed by atoms with Crippen LogP contribution in [0.2, 0.25) is 0 Å². The molecule has 0 aromatic heterocycles. The van der Waals surface area contributed by atoms with Crippen LogP contribution in [-0.2, 0) is 27.7 Å². The highest BCUT2D eigenvalue weighted by molar-refractivity contribution is 7.89. The van der Waals surface area contributed by atoms with E-state index >= 15 is 0 Å². The number of hydrazine groups is 1. The standard InChI is InChI=1S/C15H22N2O3S/c1-11(2)9-15(18)16-17-21(19,20)14-8-7-12-5-3-4-6-13(12)10-14/h7-8,10-11,17H,3-6,9H2,1-2H3,(H,16,18). The Labute approximate surface area is 126 Å². The summed E-state index contributed by atoms with van der Waals surface area (Å²) in [5, 5.41) is 0. The number of hydrogen-bond acceptors (Lipinski definition) is 3. The molecule has 116 valence electrons. The molecule has 1 amide bonds.